The second-order valence-corrected chi connectivity index (χ2v) is 6.99. The van der Waals surface area contributed by atoms with Crippen LogP contribution in [-0.2, 0) is 4.74 Å². The summed E-state index contributed by atoms with van der Waals surface area (Å²) >= 11 is 4.85. The van der Waals surface area contributed by atoms with Crippen LogP contribution >= 0.6 is 27.3 Å². The van der Waals surface area contributed by atoms with Gasteiger partial charge in [0.05, 0.1) is 11.0 Å². The summed E-state index contributed by atoms with van der Waals surface area (Å²) in [7, 11) is 0. The fourth-order valence-corrected chi connectivity index (χ4v) is 3.92. The number of rotatable bonds is 4. The van der Waals surface area contributed by atoms with Gasteiger partial charge in [-0.2, -0.15) is 0 Å². The molecule has 0 bridgehead atoms. The van der Waals surface area contributed by atoms with Crippen LogP contribution in [0.3, 0.4) is 0 Å². The third kappa shape index (κ3) is 3.43. The van der Waals surface area contributed by atoms with Gasteiger partial charge in [-0.3, -0.25) is 4.79 Å². The number of thiophene rings is 1. The van der Waals surface area contributed by atoms with E-state index in [1.54, 1.807) is 0 Å². The highest BCUT2D eigenvalue weighted by Gasteiger charge is 2.25. The molecule has 1 aromatic heterocycles. The van der Waals surface area contributed by atoms with Crippen LogP contribution in [0.4, 0.5) is 0 Å². The fourth-order valence-electron chi connectivity index (χ4n) is 2.40. The molecule has 2 nitrogen and oxygen atoms in total. The van der Waals surface area contributed by atoms with Crippen molar-refractivity contribution in [3.05, 3.63) is 20.8 Å². The molecule has 1 aliphatic rings. The van der Waals surface area contributed by atoms with Crippen LogP contribution in [0.1, 0.15) is 42.8 Å². The SMILES string of the molecule is CC1CCC(OCC(=O)c2sccc2Br)CC1C. The van der Waals surface area contributed by atoms with E-state index in [2.05, 4.69) is 29.8 Å². The minimum absolute atomic E-state index is 0.0863. The molecule has 0 radical (unpaired) electrons. The van der Waals surface area contributed by atoms with E-state index in [0.29, 0.717) is 5.92 Å². The Hall–Kier alpha value is -0.190. The highest BCUT2D eigenvalue weighted by Crippen LogP contribution is 2.31. The Morgan fingerprint density at radius 3 is 2.83 bits per heavy atom. The van der Waals surface area contributed by atoms with Gasteiger partial charge >= 0.3 is 0 Å². The number of Topliss-reactive ketones (excluding diaryl/α,β-unsaturated/α-hetero) is 1. The number of ether oxygens (including phenoxy) is 1. The lowest BCUT2D eigenvalue weighted by atomic mass is 9.80. The summed E-state index contributed by atoms with van der Waals surface area (Å²) in [4.78, 5) is 12.7. The Labute approximate surface area is 121 Å². The van der Waals surface area contributed by atoms with Gasteiger partial charge < -0.3 is 4.74 Å². The Balaban J connectivity index is 1.82. The lowest BCUT2D eigenvalue weighted by Gasteiger charge is -2.31. The summed E-state index contributed by atoms with van der Waals surface area (Å²) < 4.78 is 6.66. The summed E-state index contributed by atoms with van der Waals surface area (Å²) in [6.07, 6.45) is 3.64. The fraction of sp³-hybridized carbons (Fsp3) is 0.643. The third-order valence-electron chi connectivity index (χ3n) is 3.87. The molecular formula is C14H19BrO2S. The minimum atomic E-state index is 0.0863. The van der Waals surface area contributed by atoms with Crippen LogP contribution < -0.4 is 0 Å². The average molecular weight is 331 g/mol. The highest BCUT2D eigenvalue weighted by atomic mass is 79.9. The molecule has 1 aromatic rings. The number of carbonyl (C=O) groups excluding carboxylic acids is 1. The molecule has 18 heavy (non-hydrogen) atoms. The number of hydrogen-bond donors (Lipinski definition) is 0. The predicted octanol–water partition coefficient (Wildman–Crippen LogP) is 4.53. The first-order valence-electron chi connectivity index (χ1n) is 6.45. The lowest BCUT2D eigenvalue weighted by Crippen LogP contribution is -2.28. The topological polar surface area (TPSA) is 26.3 Å². The van der Waals surface area contributed by atoms with Crippen molar-refractivity contribution in [1.82, 2.24) is 0 Å². The van der Waals surface area contributed by atoms with Crippen molar-refractivity contribution < 1.29 is 9.53 Å². The molecule has 0 aliphatic heterocycles. The molecular weight excluding hydrogens is 312 g/mol. The molecule has 1 heterocycles. The second-order valence-electron chi connectivity index (χ2n) is 5.22. The summed E-state index contributed by atoms with van der Waals surface area (Å²) in [6, 6.07) is 1.91. The summed E-state index contributed by atoms with van der Waals surface area (Å²) in [5.41, 5.74) is 0. The zero-order valence-electron chi connectivity index (χ0n) is 10.8. The largest absolute Gasteiger partial charge is 0.370 e. The highest BCUT2D eigenvalue weighted by molar-refractivity contribution is 9.10. The van der Waals surface area contributed by atoms with E-state index in [1.807, 2.05) is 11.4 Å². The van der Waals surface area contributed by atoms with E-state index in [1.165, 1.54) is 17.8 Å². The zero-order chi connectivity index (χ0) is 13.1. The number of carbonyl (C=O) groups is 1. The Bertz CT molecular complexity index is 416. The molecule has 0 aromatic carbocycles. The van der Waals surface area contributed by atoms with E-state index in [4.69, 9.17) is 4.74 Å². The molecule has 0 saturated heterocycles. The van der Waals surface area contributed by atoms with E-state index in [-0.39, 0.29) is 18.5 Å². The van der Waals surface area contributed by atoms with Gasteiger partial charge in [0.25, 0.3) is 0 Å². The van der Waals surface area contributed by atoms with Crippen molar-refractivity contribution in [1.29, 1.82) is 0 Å². The number of hydrogen-bond acceptors (Lipinski definition) is 3. The molecule has 1 aliphatic carbocycles. The van der Waals surface area contributed by atoms with Crippen LogP contribution in [0.15, 0.2) is 15.9 Å². The van der Waals surface area contributed by atoms with Gasteiger partial charge in [0.15, 0.2) is 5.78 Å². The third-order valence-corrected chi connectivity index (χ3v) is 5.75. The lowest BCUT2D eigenvalue weighted by molar-refractivity contribution is 0.00720. The van der Waals surface area contributed by atoms with E-state index in [9.17, 15) is 4.79 Å². The van der Waals surface area contributed by atoms with Gasteiger partial charge in [0, 0.05) is 4.47 Å². The molecule has 2 rings (SSSR count). The van der Waals surface area contributed by atoms with Crippen molar-refractivity contribution in [2.75, 3.05) is 6.61 Å². The maximum atomic E-state index is 12.0. The van der Waals surface area contributed by atoms with Crippen molar-refractivity contribution in [3.63, 3.8) is 0 Å². The predicted molar refractivity (Wildman–Crippen MR) is 78.3 cm³/mol. The first kappa shape index (κ1) is 14.2. The second kappa shape index (κ2) is 6.31. The van der Waals surface area contributed by atoms with Crippen molar-refractivity contribution in [3.8, 4) is 0 Å². The molecule has 0 spiro atoms. The van der Waals surface area contributed by atoms with Crippen molar-refractivity contribution >= 4 is 33.0 Å². The molecule has 100 valence electrons. The maximum absolute atomic E-state index is 12.0. The first-order chi connectivity index (χ1) is 8.58. The van der Waals surface area contributed by atoms with Gasteiger partial charge in [0.1, 0.15) is 6.61 Å². The normalized spacial score (nSPS) is 28.3. The number of ketones is 1. The van der Waals surface area contributed by atoms with Gasteiger partial charge in [-0.15, -0.1) is 11.3 Å². The van der Waals surface area contributed by atoms with Crippen molar-refractivity contribution in [2.45, 2.75) is 39.2 Å². The van der Waals surface area contributed by atoms with E-state index in [0.717, 1.165) is 28.1 Å². The Morgan fingerprint density at radius 1 is 1.44 bits per heavy atom. The van der Waals surface area contributed by atoms with Gasteiger partial charge in [-0.25, -0.2) is 0 Å². The first-order valence-corrected chi connectivity index (χ1v) is 8.13. The van der Waals surface area contributed by atoms with Gasteiger partial charge in [0.2, 0.25) is 0 Å². The number of halogens is 1. The summed E-state index contributed by atoms with van der Waals surface area (Å²) in [5.74, 6) is 1.57. The van der Waals surface area contributed by atoms with Crippen LogP contribution in [0, 0.1) is 11.8 Å². The smallest absolute Gasteiger partial charge is 0.199 e. The van der Waals surface area contributed by atoms with Crippen LogP contribution in [0.25, 0.3) is 0 Å². The van der Waals surface area contributed by atoms with Crippen LogP contribution in [0.5, 0.6) is 0 Å². The maximum Gasteiger partial charge on any atom is 0.199 e. The van der Waals surface area contributed by atoms with Crippen LogP contribution in [0.2, 0.25) is 0 Å². The molecule has 0 N–H and O–H groups in total. The zero-order valence-corrected chi connectivity index (χ0v) is 13.2. The molecule has 3 unspecified atom stereocenters. The van der Waals surface area contributed by atoms with Gasteiger partial charge in [-0.1, -0.05) is 13.8 Å². The standard InChI is InChI=1S/C14H19BrO2S/c1-9-3-4-11(7-10(9)2)17-8-13(16)14-12(15)5-6-18-14/h5-6,9-11H,3-4,7-8H2,1-2H3. The Kier molecular flexibility index (Phi) is 4.98. The van der Waals surface area contributed by atoms with Gasteiger partial charge in [-0.05, 0) is 58.5 Å². The summed E-state index contributed by atoms with van der Waals surface area (Å²) in [6.45, 7) is 4.79. The minimum Gasteiger partial charge on any atom is -0.370 e. The molecule has 3 atom stereocenters. The van der Waals surface area contributed by atoms with E-state index >= 15 is 0 Å². The average Bonchev–Trinajstić information content (AvgIpc) is 2.77. The van der Waals surface area contributed by atoms with E-state index < -0.39 is 0 Å². The molecule has 0 amide bonds. The molecule has 1 saturated carbocycles. The summed E-state index contributed by atoms with van der Waals surface area (Å²) in [5, 5.41) is 1.92. The molecule has 1 fully saturated rings. The van der Waals surface area contributed by atoms with Crippen LogP contribution in [-0.4, -0.2) is 18.5 Å². The monoisotopic (exact) mass is 330 g/mol. The quantitative estimate of drug-likeness (QED) is 0.758. The van der Waals surface area contributed by atoms with Crippen molar-refractivity contribution in [2.24, 2.45) is 11.8 Å². The Morgan fingerprint density at radius 2 is 2.22 bits per heavy atom. The molecule has 4 heteroatoms.